The lowest BCUT2D eigenvalue weighted by Gasteiger charge is -2.35. The Hall–Kier alpha value is -5.06. The number of carbonyl (C=O) groups is 4. The van der Waals surface area contributed by atoms with E-state index in [9.17, 15) is 19.2 Å². The van der Waals surface area contributed by atoms with Crippen LogP contribution in [0.2, 0.25) is 0 Å². The third-order valence-corrected chi connectivity index (χ3v) is 7.87. The summed E-state index contributed by atoms with van der Waals surface area (Å²) >= 11 is 0. The monoisotopic (exact) mass is 626 g/mol. The average molecular weight is 627 g/mol. The van der Waals surface area contributed by atoms with Crippen LogP contribution in [0.4, 0.5) is 9.59 Å². The molecule has 6 rings (SSSR count). The molecule has 0 atom stereocenters. The molecule has 1 fully saturated rings. The minimum absolute atomic E-state index is 0.180. The molecule has 11 heteroatoms. The molecule has 0 saturated carbocycles. The van der Waals surface area contributed by atoms with E-state index < -0.39 is 23.4 Å². The number of nitrogens with one attached hydrogen (secondary N) is 1. The van der Waals surface area contributed by atoms with E-state index in [2.05, 4.69) is 5.32 Å². The van der Waals surface area contributed by atoms with Crippen molar-refractivity contribution in [1.29, 1.82) is 0 Å². The largest absolute Gasteiger partial charge is 0.464 e. The summed E-state index contributed by atoms with van der Waals surface area (Å²) in [5.41, 5.74) is 2.68. The molecule has 0 aliphatic carbocycles. The normalized spacial score (nSPS) is 15.1. The molecule has 1 saturated heterocycles. The number of ether oxygens (including phenoxy) is 2. The summed E-state index contributed by atoms with van der Waals surface area (Å²) in [7, 11) is 0. The van der Waals surface area contributed by atoms with Gasteiger partial charge in [0, 0.05) is 54.8 Å². The highest BCUT2D eigenvalue weighted by atomic mass is 16.6. The fourth-order valence-corrected chi connectivity index (χ4v) is 5.88. The minimum Gasteiger partial charge on any atom is -0.464 e. The third-order valence-electron chi connectivity index (χ3n) is 7.87. The lowest BCUT2D eigenvalue weighted by Crippen LogP contribution is -2.51. The van der Waals surface area contributed by atoms with Crippen molar-refractivity contribution in [2.75, 3.05) is 26.2 Å². The summed E-state index contributed by atoms with van der Waals surface area (Å²) < 4.78 is 18.4. The number of fused-ring (bicyclic) bond motifs is 2. The first-order chi connectivity index (χ1) is 21.7. The maximum Gasteiger partial charge on any atom is 0.419 e. The molecule has 4 aromatic rings. The van der Waals surface area contributed by atoms with Gasteiger partial charge in [-0.2, -0.15) is 0 Å². The van der Waals surface area contributed by atoms with Gasteiger partial charge >= 0.3 is 12.2 Å². The summed E-state index contributed by atoms with van der Waals surface area (Å²) in [5, 5.41) is 3.55. The van der Waals surface area contributed by atoms with Crippen molar-refractivity contribution in [3.8, 4) is 22.6 Å². The molecule has 3 amide bonds. The summed E-state index contributed by atoms with van der Waals surface area (Å²) in [5.74, 6) is 0.211. The highest BCUT2D eigenvalue weighted by Gasteiger charge is 2.32. The van der Waals surface area contributed by atoms with Crippen molar-refractivity contribution >= 4 is 34.9 Å². The molecule has 0 bridgehead atoms. The number of rotatable bonds is 3. The molecule has 11 nitrogen and oxygen atoms in total. The second kappa shape index (κ2) is 11.4. The Morgan fingerprint density at radius 1 is 0.804 bits per heavy atom. The molecule has 0 unspecified atom stereocenters. The first-order valence-corrected chi connectivity index (χ1v) is 15.3. The van der Waals surface area contributed by atoms with Crippen molar-refractivity contribution in [3.05, 3.63) is 71.5 Å². The molecule has 46 heavy (non-hydrogen) atoms. The van der Waals surface area contributed by atoms with Gasteiger partial charge in [0.25, 0.3) is 11.8 Å². The molecule has 2 aliphatic heterocycles. The first-order valence-electron chi connectivity index (χ1n) is 15.3. The number of hydrogen-bond acceptors (Lipinski definition) is 7. The Kier molecular flexibility index (Phi) is 7.66. The zero-order valence-electron chi connectivity index (χ0n) is 26.9. The number of amides is 3. The Morgan fingerprint density at radius 3 is 2.11 bits per heavy atom. The van der Waals surface area contributed by atoms with Crippen molar-refractivity contribution < 1.29 is 33.1 Å². The second-order valence-corrected chi connectivity index (χ2v) is 13.6. The number of piperazine rings is 1. The Morgan fingerprint density at radius 2 is 1.46 bits per heavy atom. The van der Waals surface area contributed by atoms with Gasteiger partial charge in [-0.25, -0.2) is 14.2 Å². The van der Waals surface area contributed by atoms with Crippen molar-refractivity contribution in [2.24, 2.45) is 0 Å². The van der Waals surface area contributed by atoms with E-state index in [0.29, 0.717) is 71.8 Å². The van der Waals surface area contributed by atoms with E-state index in [4.69, 9.17) is 13.9 Å². The van der Waals surface area contributed by atoms with Gasteiger partial charge in [-0.1, -0.05) is 12.1 Å². The highest BCUT2D eigenvalue weighted by molar-refractivity contribution is 6.09. The van der Waals surface area contributed by atoms with E-state index in [1.54, 1.807) is 61.1 Å². The Labute approximate surface area is 267 Å². The van der Waals surface area contributed by atoms with Crippen LogP contribution in [-0.2, 0) is 16.0 Å². The lowest BCUT2D eigenvalue weighted by molar-refractivity contribution is 0.0140. The van der Waals surface area contributed by atoms with Crippen molar-refractivity contribution in [3.63, 3.8) is 0 Å². The van der Waals surface area contributed by atoms with Crippen molar-refractivity contribution in [1.82, 2.24) is 19.7 Å². The van der Waals surface area contributed by atoms with Crippen LogP contribution in [0.15, 0.2) is 59.2 Å². The van der Waals surface area contributed by atoms with E-state index in [1.807, 2.05) is 45.0 Å². The first kappa shape index (κ1) is 30.9. The van der Waals surface area contributed by atoms with Crippen LogP contribution in [0.3, 0.4) is 0 Å². The second-order valence-electron chi connectivity index (χ2n) is 13.6. The van der Waals surface area contributed by atoms with E-state index in [-0.39, 0.29) is 11.8 Å². The highest BCUT2D eigenvalue weighted by Crippen LogP contribution is 2.39. The van der Waals surface area contributed by atoms with Gasteiger partial charge < -0.3 is 29.0 Å². The molecular weight excluding hydrogens is 588 g/mol. The molecule has 4 heterocycles. The molecule has 2 aliphatic rings. The zero-order valence-corrected chi connectivity index (χ0v) is 26.9. The number of aromatic nitrogens is 1. The van der Waals surface area contributed by atoms with Gasteiger partial charge in [0.2, 0.25) is 0 Å². The molecule has 1 N–H and O–H groups in total. The topological polar surface area (TPSA) is 123 Å². The average Bonchev–Trinajstić information content (AvgIpc) is 3.74. The predicted octanol–water partition coefficient (Wildman–Crippen LogP) is 6.29. The lowest BCUT2D eigenvalue weighted by atomic mass is 9.94. The van der Waals surface area contributed by atoms with Crippen LogP contribution in [0.5, 0.6) is 0 Å². The smallest absolute Gasteiger partial charge is 0.419 e. The van der Waals surface area contributed by atoms with Gasteiger partial charge in [-0.3, -0.25) is 9.59 Å². The number of furan rings is 1. The fourth-order valence-electron chi connectivity index (χ4n) is 5.88. The molecule has 2 aromatic carbocycles. The van der Waals surface area contributed by atoms with Crippen LogP contribution in [0.1, 0.15) is 67.8 Å². The fraction of sp³-hybridized carbons (Fsp3) is 0.371. The van der Waals surface area contributed by atoms with E-state index in [0.717, 1.165) is 11.1 Å². The molecule has 0 radical (unpaired) electrons. The quantitative estimate of drug-likeness (QED) is 0.284. The van der Waals surface area contributed by atoms with Crippen LogP contribution in [0.25, 0.3) is 33.5 Å². The summed E-state index contributed by atoms with van der Waals surface area (Å²) in [6.07, 6.45) is 0.589. The summed E-state index contributed by atoms with van der Waals surface area (Å²) in [4.78, 5) is 56.3. The third kappa shape index (κ3) is 5.96. The van der Waals surface area contributed by atoms with E-state index in [1.165, 1.54) is 4.57 Å². The number of hydrogen-bond donors (Lipinski definition) is 1. The number of nitrogens with zero attached hydrogens (tertiary/aromatic N) is 3. The maximum atomic E-state index is 13.7. The summed E-state index contributed by atoms with van der Waals surface area (Å²) in [6, 6.07) is 14.3. The van der Waals surface area contributed by atoms with Crippen LogP contribution in [-0.4, -0.2) is 75.7 Å². The molecule has 240 valence electrons. The van der Waals surface area contributed by atoms with Gasteiger partial charge in [-0.05, 0) is 83.5 Å². The van der Waals surface area contributed by atoms with Crippen molar-refractivity contribution in [2.45, 2.75) is 59.3 Å². The summed E-state index contributed by atoms with van der Waals surface area (Å²) in [6.45, 7) is 12.6. The van der Waals surface area contributed by atoms with Gasteiger partial charge in [0.15, 0.2) is 0 Å². The Balaban J connectivity index is 1.36. The van der Waals surface area contributed by atoms with Gasteiger partial charge in [-0.15, -0.1) is 0 Å². The SMILES string of the molecule is CC(C)(C)OC(=O)N1CCN(C(=O)c2ccc3c(c2)cc(-c2ccc(-c4ccco4)c4c2C(=O)NC4)n3C(=O)OC(C)(C)C)CC1. The molecular formula is C35H38N4O7. The molecule has 0 spiro atoms. The van der Waals surface area contributed by atoms with Gasteiger partial charge in [0.1, 0.15) is 17.0 Å². The van der Waals surface area contributed by atoms with Crippen LogP contribution < -0.4 is 5.32 Å². The number of benzene rings is 2. The van der Waals surface area contributed by atoms with Crippen LogP contribution >= 0.6 is 0 Å². The maximum absolute atomic E-state index is 13.7. The van der Waals surface area contributed by atoms with Gasteiger partial charge in [0.05, 0.1) is 23.0 Å². The van der Waals surface area contributed by atoms with E-state index >= 15 is 0 Å². The predicted molar refractivity (Wildman–Crippen MR) is 172 cm³/mol. The van der Waals surface area contributed by atoms with Crippen LogP contribution in [0, 0.1) is 0 Å². The number of carbonyl (C=O) groups excluding carboxylic acids is 4. The zero-order chi connectivity index (χ0) is 33.0. The minimum atomic E-state index is -0.773. The Bertz CT molecular complexity index is 1850. The molecule has 2 aromatic heterocycles. The standard InChI is InChI=1S/C35H38N4O7/c1-34(2,3)45-32(42)38-15-13-37(14-16-38)31(41)21-9-12-26-22(18-21)19-27(39(26)33(43)46-35(4,5)6)24-11-10-23(28-8-7-17-44-28)25-20-36-30(40)29(24)25/h7-12,17-19H,13-16,20H2,1-6H3,(H,36,40).